The first kappa shape index (κ1) is 16.6. The Morgan fingerprint density at radius 1 is 1.25 bits per heavy atom. The number of thiophene rings is 1. The van der Waals surface area contributed by atoms with E-state index in [9.17, 15) is 14.0 Å². The molecule has 0 bridgehead atoms. The standard InChI is InChI=1S/C17H15FN2O2S2/c1-11-10-24-17(22)20(11)9-15(21)19-16(14-3-2-8-23-14)12-4-6-13(18)7-5-12/h2-8,10,16H,9H2,1H3,(H,19,21). The normalized spacial score (nSPS) is 12.1. The van der Waals surface area contributed by atoms with Gasteiger partial charge in [0.2, 0.25) is 5.91 Å². The summed E-state index contributed by atoms with van der Waals surface area (Å²) in [7, 11) is 0. The van der Waals surface area contributed by atoms with Crippen LogP contribution in [-0.4, -0.2) is 10.5 Å². The molecule has 7 heteroatoms. The minimum atomic E-state index is -0.368. The van der Waals surface area contributed by atoms with Gasteiger partial charge in [-0.05, 0) is 36.1 Å². The first-order chi connectivity index (χ1) is 11.5. The van der Waals surface area contributed by atoms with Crippen LogP contribution in [0.5, 0.6) is 0 Å². The summed E-state index contributed by atoms with van der Waals surface area (Å²) in [5.41, 5.74) is 1.55. The molecule has 0 aliphatic carbocycles. The predicted octanol–water partition coefficient (Wildman–Crippen LogP) is 3.32. The second-order valence-electron chi connectivity index (χ2n) is 5.30. The lowest BCUT2D eigenvalue weighted by Gasteiger charge is -2.18. The maximum Gasteiger partial charge on any atom is 0.307 e. The number of halogens is 1. The molecule has 1 amide bonds. The quantitative estimate of drug-likeness (QED) is 0.757. The van der Waals surface area contributed by atoms with Crippen LogP contribution < -0.4 is 10.2 Å². The zero-order valence-corrected chi connectivity index (χ0v) is 14.5. The fourth-order valence-corrected chi connectivity index (χ4v) is 3.91. The van der Waals surface area contributed by atoms with Gasteiger partial charge >= 0.3 is 4.87 Å². The zero-order valence-electron chi connectivity index (χ0n) is 12.9. The van der Waals surface area contributed by atoms with E-state index in [4.69, 9.17) is 0 Å². The second kappa shape index (κ2) is 7.11. The Bertz CT molecular complexity index is 882. The van der Waals surface area contributed by atoms with Crippen molar-refractivity contribution >= 4 is 28.6 Å². The number of amides is 1. The third kappa shape index (κ3) is 3.63. The number of thiazole rings is 1. The maximum atomic E-state index is 13.2. The molecule has 1 N–H and O–H groups in total. The number of nitrogens with one attached hydrogen (secondary N) is 1. The van der Waals surface area contributed by atoms with E-state index in [2.05, 4.69) is 5.32 Å². The Labute approximate surface area is 146 Å². The van der Waals surface area contributed by atoms with Gasteiger partial charge in [0.05, 0.1) is 6.04 Å². The van der Waals surface area contributed by atoms with Crippen LogP contribution in [-0.2, 0) is 11.3 Å². The molecule has 24 heavy (non-hydrogen) atoms. The molecule has 0 spiro atoms. The highest BCUT2D eigenvalue weighted by atomic mass is 32.1. The SMILES string of the molecule is Cc1csc(=O)n1CC(=O)NC(c1ccc(F)cc1)c1cccs1. The molecule has 1 unspecified atom stereocenters. The number of hydrogen-bond donors (Lipinski definition) is 1. The summed E-state index contributed by atoms with van der Waals surface area (Å²) in [6.45, 7) is 1.76. The molecule has 3 aromatic rings. The van der Waals surface area contributed by atoms with Crippen molar-refractivity contribution in [3.05, 3.63) is 78.8 Å². The van der Waals surface area contributed by atoms with Crippen LogP contribution in [0.3, 0.4) is 0 Å². The molecule has 2 aromatic heterocycles. The van der Waals surface area contributed by atoms with Crippen LogP contribution in [0.25, 0.3) is 0 Å². The predicted molar refractivity (Wildman–Crippen MR) is 94.0 cm³/mol. The largest absolute Gasteiger partial charge is 0.343 e. The molecule has 0 saturated carbocycles. The summed E-state index contributed by atoms with van der Waals surface area (Å²) in [6, 6.07) is 9.50. The first-order valence-corrected chi connectivity index (χ1v) is 9.03. The second-order valence-corrected chi connectivity index (χ2v) is 7.10. The highest BCUT2D eigenvalue weighted by Crippen LogP contribution is 2.26. The number of aromatic nitrogens is 1. The number of benzene rings is 1. The molecule has 0 radical (unpaired) electrons. The molecule has 0 aliphatic heterocycles. The van der Waals surface area contributed by atoms with Gasteiger partial charge in [0.15, 0.2) is 0 Å². The van der Waals surface area contributed by atoms with Crippen LogP contribution in [0.4, 0.5) is 4.39 Å². The van der Waals surface area contributed by atoms with Gasteiger partial charge in [-0.15, -0.1) is 11.3 Å². The summed E-state index contributed by atoms with van der Waals surface area (Å²) in [5.74, 6) is -0.586. The molecule has 0 fully saturated rings. The van der Waals surface area contributed by atoms with Gasteiger partial charge in [0.1, 0.15) is 12.4 Å². The minimum Gasteiger partial charge on any atom is -0.343 e. The fourth-order valence-electron chi connectivity index (χ4n) is 2.38. The first-order valence-electron chi connectivity index (χ1n) is 7.28. The average molecular weight is 362 g/mol. The van der Waals surface area contributed by atoms with Crippen molar-refractivity contribution in [1.29, 1.82) is 0 Å². The smallest absolute Gasteiger partial charge is 0.307 e. The van der Waals surface area contributed by atoms with Gasteiger partial charge in [-0.2, -0.15) is 0 Å². The lowest BCUT2D eigenvalue weighted by molar-refractivity contribution is -0.122. The molecule has 1 atom stereocenters. The van der Waals surface area contributed by atoms with Crippen LogP contribution in [0.15, 0.2) is 52.0 Å². The number of rotatable bonds is 5. The van der Waals surface area contributed by atoms with Crippen molar-refractivity contribution in [2.45, 2.75) is 19.5 Å². The highest BCUT2D eigenvalue weighted by molar-refractivity contribution is 7.10. The van der Waals surface area contributed by atoms with Gasteiger partial charge in [-0.3, -0.25) is 14.2 Å². The van der Waals surface area contributed by atoms with E-state index in [1.165, 1.54) is 28.0 Å². The van der Waals surface area contributed by atoms with Crippen molar-refractivity contribution in [3.63, 3.8) is 0 Å². The number of nitrogens with zero attached hydrogens (tertiary/aromatic N) is 1. The van der Waals surface area contributed by atoms with Crippen molar-refractivity contribution < 1.29 is 9.18 Å². The van der Waals surface area contributed by atoms with Crippen LogP contribution >= 0.6 is 22.7 Å². The molecule has 0 aliphatic rings. The van der Waals surface area contributed by atoms with Crippen LogP contribution in [0, 0.1) is 12.7 Å². The van der Waals surface area contributed by atoms with Gasteiger partial charge in [-0.1, -0.05) is 29.5 Å². The minimum absolute atomic E-state index is 0.0305. The lowest BCUT2D eigenvalue weighted by Crippen LogP contribution is -2.34. The van der Waals surface area contributed by atoms with Crippen LogP contribution in [0.2, 0.25) is 0 Å². The Balaban J connectivity index is 1.83. The molecule has 4 nitrogen and oxygen atoms in total. The molecule has 2 heterocycles. The summed E-state index contributed by atoms with van der Waals surface area (Å²) >= 11 is 2.59. The van der Waals surface area contributed by atoms with Gasteiger partial charge in [0.25, 0.3) is 0 Å². The maximum absolute atomic E-state index is 13.2. The Kier molecular flexibility index (Phi) is 4.92. The Morgan fingerprint density at radius 3 is 2.58 bits per heavy atom. The monoisotopic (exact) mass is 362 g/mol. The Hall–Kier alpha value is -2.25. The molecular formula is C17H15FN2O2S2. The molecule has 124 valence electrons. The number of hydrogen-bond acceptors (Lipinski definition) is 4. The zero-order chi connectivity index (χ0) is 17.1. The highest BCUT2D eigenvalue weighted by Gasteiger charge is 2.19. The van der Waals surface area contributed by atoms with Crippen molar-refractivity contribution in [3.8, 4) is 0 Å². The van der Waals surface area contributed by atoms with Gasteiger partial charge < -0.3 is 5.32 Å². The van der Waals surface area contributed by atoms with E-state index < -0.39 is 0 Å². The summed E-state index contributed by atoms with van der Waals surface area (Å²) in [5, 5.41) is 6.59. The summed E-state index contributed by atoms with van der Waals surface area (Å²) < 4.78 is 14.6. The van der Waals surface area contributed by atoms with E-state index >= 15 is 0 Å². The number of carbonyl (C=O) groups excluding carboxylic acids is 1. The van der Waals surface area contributed by atoms with Crippen molar-refractivity contribution in [2.75, 3.05) is 0 Å². The third-order valence-corrected chi connectivity index (χ3v) is 5.43. The van der Waals surface area contributed by atoms with Gasteiger partial charge in [0, 0.05) is 16.0 Å². The molecule has 0 saturated heterocycles. The molecule has 3 rings (SSSR count). The topological polar surface area (TPSA) is 51.1 Å². The average Bonchev–Trinajstić information content (AvgIpc) is 3.19. The van der Waals surface area contributed by atoms with Crippen molar-refractivity contribution in [1.82, 2.24) is 9.88 Å². The third-order valence-electron chi connectivity index (χ3n) is 3.61. The van der Waals surface area contributed by atoms with E-state index in [-0.39, 0.29) is 29.2 Å². The number of carbonyl (C=O) groups is 1. The molecular weight excluding hydrogens is 347 g/mol. The van der Waals surface area contributed by atoms with E-state index in [0.29, 0.717) is 0 Å². The Morgan fingerprint density at radius 2 is 2.00 bits per heavy atom. The van der Waals surface area contributed by atoms with E-state index in [1.807, 2.05) is 17.5 Å². The van der Waals surface area contributed by atoms with Gasteiger partial charge in [-0.25, -0.2) is 4.39 Å². The van der Waals surface area contributed by atoms with Crippen molar-refractivity contribution in [2.24, 2.45) is 0 Å². The summed E-state index contributed by atoms with van der Waals surface area (Å²) in [4.78, 5) is 25.0. The van der Waals surface area contributed by atoms with E-state index in [1.54, 1.807) is 24.4 Å². The number of aryl methyl sites for hydroxylation is 1. The summed E-state index contributed by atoms with van der Waals surface area (Å²) in [6.07, 6.45) is 0. The lowest BCUT2D eigenvalue weighted by atomic mass is 10.1. The molecule has 1 aromatic carbocycles. The van der Waals surface area contributed by atoms with Crippen LogP contribution in [0.1, 0.15) is 22.2 Å². The fraction of sp³-hybridized carbons (Fsp3) is 0.176. The van der Waals surface area contributed by atoms with E-state index in [0.717, 1.165) is 27.5 Å².